The Labute approximate surface area is 121 Å². The molecule has 100 valence electrons. The highest BCUT2D eigenvalue weighted by Crippen LogP contribution is 2.24. The van der Waals surface area contributed by atoms with E-state index in [2.05, 4.69) is 15.9 Å². The van der Waals surface area contributed by atoms with Crippen molar-refractivity contribution in [2.75, 3.05) is 17.1 Å². The van der Waals surface area contributed by atoms with Crippen LogP contribution in [-0.4, -0.2) is 15.5 Å². The van der Waals surface area contributed by atoms with E-state index in [-0.39, 0.29) is 4.90 Å². The summed E-state index contributed by atoms with van der Waals surface area (Å²) in [5, 5.41) is 0. The van der Waals surface area contributed by atoms with Crippen LogP contribution in [0, 0.1) is 0 Å². The monoisotopic (exact) mass is 340 g/mol. The molecule has 0 heterocycles. The first-order valence-corrected chi connectivity index (χ1v) is 7.74. The predicted octanol–water partition coefficient (Wildman–Crippen LogP) is 2.86. The summed E-state index contributed by atoms with van der Waals surface area (Å²) in [5.74, 6) is 0. The minimum absolute atomic E-state index is 0.215. The molecule has 2 N–H and O–H groups in total. The van der Waals surface area contributed by atoms with Crippen LogP contribution < -0.4 is 10.0 Å². The Kier molecular flexibility index (Phi) is 3.82. The number of anilines is 2. The van der Waals surface area contributed by atoms with Gasteiger partial charge < -0.3 is 5.73 Å². The molecule has 2 aromatic carbocycles. The van der Waals surface area contributed by atoms with Crippen molar-refractivity contribution in [2.45, 2.75) is 4.90 Å². The van der Waals surface area contributed by atoms with Gasteiger partial charge in [-0.25, -0.2) is 8.42 Å². The van der Waals surface area contributed by atoms with Gasteiger partial charge in [-0.3, -0.25) is 4.31 Å². The summed E-state index contributed by atoms with van der Waals surface area (Å²) in [6, 6.07) is 13.2. The first-order valence-electron chi connectivity index (χ1n) is 5.51. The SMILES string of the molecule is CN(c1ccc(Br)cc1)S(=O)(=O)c1ccc(N)cc1. The molecular weight excluding hydrogens is 328 g/mol. The number of nitrogen functional groups attached to an aromatic ring is 1. The molecule has 0 radical (unpaired) electrons. The first kappa shape index (κ1) is 13.9. The second-order valence-electron chi connectivity index (χ2n) is 4.02. The van der Waals surface area contributed by atoms with Crippen molar-refractivity contribution < 1.29 is 8.42 Å². The van der Waals surface area contributed by atoms with Gasteiger partial charge in [-0.2, -0.15) is 0 Å². The van der Waals surface area contributed by atoms with Crippen LogP contribution >= 0.6 is 15.9 Å². The van der Waals surface area contributed by atoms with E-state index in [1.165, 1.54) is 23.5 Å². The molecule has 0 bridgehead atoms. The third-order valence-corrected chi connectivity index (χ3v) is 5.06. The van der Waals surface area contributed by atoms with Crippen LogP contribution in [0.25, 0.3) is 0 Å². The lowest BCUT2D eigenvalue weighted by atomic mass is 10.3. The van der Waals surface area contributed by atoms with Gasteiger partial charge in [0.25, 0.3) is 10.0 Å². The Morgan fingerprint density at radius 2 is 1.53 bits per heavy atom. The fraction of sp³-hybridized carbons (Fsp3) is 0.0769. The van der Waals surface area contributed by atoms with Crippen molar-refractivity contribution in [2.24, 2.45) is 0 Å². The predicted molar refractivity (Wildman–Crippen MR) is 80.6 cm³/mol. The molecule has 0 aliphatic rings. The zero-order valence-corrected chi connectivity index (χ0v) is 12.6. The zero-order valence-electron chi connectivity index (χ0n) is 10.2. The molecule has 0 aliphatic heterocycles. The van der Waals surface area contributed by atoms with Crippen molar-refractivity contribution in [3.63, 3.8) is 0 Å². The lowest BCUT2D eigenvalue weighted by Crippen LogP contribution is -2.26. The maximum atomic E-state index is 12.4. The number of halogens is 1. The van der Waals surface area contributed by atoms with Gasteiger partial charge in [0.05, 0.1) is 10.6 Å². The van der Waals surface area contributed by atoms with Gasteiger partial charge in [-0.05, 0) is 48.5 Å². The number of nitrogens with two attached hydrogens (primary N) is 1. The Hall–Kier alpha value is -1.53. The van der Waals surface area contributed by atoms with Crippen LogP contribution in [0.15, 0.2) is 57.9 Å². The molecule has 0 fully saturated rings. The highest BCUT2D eigenvalue weighted by molar-refractivity contribution is 9.10. The Balaban J connectivity index is 2.39. The number of hydrogen-bond acceptors (Lipinski definition) is 3. The van der Waals surface area contributed by atoms with Gasteiger partial charge in [0.1, 0.15) is 0 Å². The van der Waals surface area contributed by atoms with E-state index in [9.17, 15) is 8.42 Å². The van der Waals surface area contributed by atoms with E-state index in [1.807, 2.05) is 0 Å². The molecule has 2 rings (SSSR count). The van der Waals surface area contributed by atoms with E-state index in [1.54, 1.807) is 36.4 Å². The molecule has 19 heavy (non-hydrogen) atoms. The minimum Gasteiger partial charge on any atom is -0.399 e. The summed E-state index contributed by atoms with van der Waals surface area (Å²) in [6.45, 7) is 0. The second kappa shape index (κ2) is 5.22. The average Bonchev–Trinajstić information content (AvgIpc) is 2.39. The molecule has 0 aliphatic carbocycles. The van der Waals surface area contributed by atoms with Crippen molar-refractivity contribution in [1.29, 1.82) is 0 Å². The summed E-state index contributed by atoms with van der Waals surface area (Å²) < 4.78 is 26.9. The molecule has 0 saturated carbocycles. The van der Waals surface area contributed by atoms with Gasteiger partial charge in [0, 0.05) is 17.2 Å². The molecular formula is C13H13BrN2O2S. The number of hydrogen-bond donors (Lipinski definition) is 1. The van der Waals surface area contributed by atoms with Gasteiger partial charge in [-0.15, -0.1) is 0 Å². The third-order valence-electron chi connectivity index (χ3n) is 2.73. The largest absolute Gasteiger partial charge is 0.399 e. The van der Waals surface area contributed by atoms with Crippen LogP contribution in [0.3, 0.4) is 0 Å². The summed E-state index contributed by atoms with van der Waals surface area (Å²) in [5.41, 5.74) is 6.69. The molecule has 0 aromatic heterocycles. The molecule has 4 nitrogen and oxygen atoms in total. The van der Waals surface area contributed by atoms with Crippen LogP contribution in [-0.2, 0) is 10.0 Å². The number of rotatable bonds is 3. The zero-order chi connectivity index (χ0) is 14.0. The Bertz CT molecular complexity index is 667. The third kappa shape index (κ3) is 2.90. The maximum absolute atomic E-state index is 12.4. The highest BCUT2D eigenvalue weighted by Gasteiger charge is 2.20. The fourth-order valence-electron chi connectivity index (χ4n) is 1.59. The molecule has 2 aromatic rings. The van der Waals surface area contributed by atoms with Gasteiger partial charge >= 0.3 is 0 Å². The molecule has 0 amide bonds. The second-order valence-corrected chi connectivity index (χ2v) is 6.90. The summed E-state index contributed by atoms with van der Waals surface area (Å²) >= 11 is 3.32. The van der Waals surface area contributed by atoms with E-state index < -0.39 is 10.0 Å². The topological polar surface area (TPSA) is 63.4 Å². The van der Waals surface area contributed by atoms with Gasteiger partial charge in [-0.1, -0.05) is 15.9 Å². The fourth-order valence-corrected chi connectivity index (χ4v) is 3.05. The normalized spacial score (nSPS) is 11.3. The lowest BCUT2D eigenvalue weighted by molar-refractivity contribution is 0.594. The lowest BCUT2D eigenvalue weighted by Gasteiger charge is -2.19. The smallest absolute Gasteiger partial charge is 0.264 e. The van der Waals surface area contributed by atoms with Gasteiger partial charge in [0.2, 0.25) is 0 Å². The van der Waals surface area contributed by atoms with Crippen molar-refractivity contribution >= 4 is 37.3 Å². The number of sulfonamides is 1. The van der Waals surface area contributed by atoms with Crippen molar-refractivity contribution in [3.8, 4) is 0 Å². The quantitative estimate of drug-likeness (QED) is 0.873. The molecule has 6 heteroatoms. The summed E-state index contributed by atoms with van der Waals surface area (Å²) in [6.07, 6.45) is 0. The Morgan fingerprint density at radius 3 is 2.05 bits per heavy atom. The minimum atomic E-state index is -3.56. The summed E-state index contributed by atoms with van der Waals surface area (Å²) in [7, 11) is -2.04. The summed E-state index contributed by atoms with van der Waals surface area (Å²) in [4.78, 5) is 0.215. The van der Waals surface area contributed by atoms with Crippen LogP contribution in [0.2, 0.25) is 0 Å². The molecule has 0 spiro atoms. The van der Waals surface area contributed by atoms with Crippen molar-refractivity contribution in [3.05, 3.63) is 53.0 Å². The average molecular weight is 341 g/mol. The van der Waals surface area contributed by atoms with Crippen LogP contribution in [0.5, 0.6) is 0 Å². The van der Waals surface area contributed by atoms with E-state index >= 15 is 0 Å². The number of benzene rings is 2. The number of nitrogens with zero attached hydrogens (tertiary/aromatic N) is 1. The standard InChI is InChI=1S/C13H13BrN2O2S/c1-16(12-6-2-10(14)3-7-12)19(17,18)13-8-4-11(15)5-9-13/h2-9H,15H2,1H3. The van der Waals surface area contributed by atoms with E-state index in [0.29, 0.717) is 11.4 Å². The first-order chi connectivity index (χ1) is 8.91. The maximum Gasteiger partial charge on any atom is 0.264 e. The Morgan fingerprint density at radius 1 is 1.00 bits per heavy atom. The van der Waals surface area contributed by atoms with Crippen molar-refractivity contribution in [1.82, 2.24) is 0 Å². The molecule has 0 unspecified atom stereocenters. The van der Waals surface area contributed by atoms with E-state index in [4.69, 9.17) is 5.73 Å². The molecule has 0 atom stereocenters. The van der Waals surface area contributed by atoms with Gasteiger partial charge in [0.15, 0.2) is 0 Å². The van der Waals surface area contributed by atoms with E-state index in [0.717, 1.165) is 4.47 Å². The van der Waals surface area contributed by atoms with Crippen LogP contribution in [0.4, 0.5) is 11.4 Å². The highest BCUT2D eigenvalue weighted by atomic mass is 79.9. The van der Waals surface area contributed by atoms with Crippen LogP contribution in [0.1, 0.15) is 0 Å². The molecule has 0 saturated heterocycles.